The Kier molecular flexibility index (Phi) is 5.43. The van der Waals surface area contributed by atoms with E-state index in [2.05, 4.69) is 9.72 Å². The summed E-state index contributed by atoms with van der Waals surface area (Å²) >= 11 is 0. The van der Waals surface area contributed by atoms with Gasteiger partial charge in [0.25, 0.3) is 0 Å². The summed E-state index contributed by atoms with van der Waals surface area (Å²) in [5.74, 6) is -0.666. The van der Waals surface area contributed by atoms with Crippen molar-refractivity contribution >= 4 is 5.97 Å². The highest BCUT2D eigenvalue weighted by Crippen LogP contribution is 2.39. The minimum absolute atomic E-state index is 0.0681. The molecule has 1 aliphatic rings. The zero-order chi connectivity index (χ0) is 19.6. The van der Waals surface area contributed by atoms with Gasteiger partial charge in [0.1, 0.15) is 11.6 Å². The number of aromatic nitrogens is 2. The molecule has 0 radical (unpaired) electrons. The van der Waals surface area contributed by atoms with Crippen molar-refractivity contribution in [2.45, 2.75) is 51.4 Å². The molecule has 0 spiro atoms. The summed E-state index contributed by atoms with van der Waals surface area (Å²) < 4.78 is 49.4. The number of halogens is 3. The third kappa shape index (κ3) is 4.09. The van der Waals surface area contributed by atoms with E-state index >= 15 is 0 Å². The minimum atomic E-state index is -4.82. The summed E-state index contributed by atoms with van der Waals surface area (Å²) in [4.78, 5) is 16.5. The van der Waals surface area contributed by atoms with Gasteiger partial charge in [-0.05, 0) is 31.9 Å². The molecule has 8 heteroatoms. The van der Waals surface area contributed by atoms with Crippen LogP contribution < -0.4 is 4.74 Å². The van der Waals surface area contributed by atoms with E-state index < -0.39 is 12.3 Å². The minimum Gasteiger partial charge on any atom is -0.464 e. The fourth-order valence-electron chi connectivity index (χ4n) is 3.64. The van der Waals surface area contributed by atoms with E-state index in [0.29, 0.717) is 11.5 Å². The molecule has 0 unspecified atom stereocenters. The van der Waals surface area contributed by atoms with Crippen molar-refractivity contribution in [3.8, 4) is 17.1 Å². The predicted molar refractivity (Wildman–Crippen MR) is 92.5 cm³/mol. The van der Waals surface area contributed by atoms with Crippen molar-refractivity contribution in [1.29, 1.82) is 0 Å². The normalized spacial score (nSPS) is 15.6. The van der Waals surface area contributed by atoms with Gasteiger partial charge in [0.2, 0.25) is 0 Å². The second-order valence-electron chi connectivity index (χ2n) is 6.57. The smallest absolute Gasteiger partial charge is 0.464 e. The van der Waals surface area contributed by atoms with Crippen LogP contribution in [0.25, 0.3) is 11.4 Å². The van der Waals surface area contributed by atoms with Gasteiger partial charge < -0.3 is 14.0 Å². The topological polar surface area (TPSA) is 53.4 Å². The summed E-state index contributed by atoms with van der Waals surface area (Å²) in [6.45, 7) is 1.74. The van der Waals surface area contributed by atoms with E-state index in [1.165, 1.54) is 25.3 Å². The number of methoxy groups -OCH3 is 1. The molecule has 27 heavy (non-hydrogen) atoms. The Balaban J connectivity index is 2.16. The predicted octanol–water partition coefficient (Wildman–Crippen LogP) is 5.05. The summed E-state index contributed by atoms with van der Waals surface area (Å²) in [5.41, 5.74) is 0.893. The number of nitrogens with zero attached hydrogens (tertiary/aromatic N) is 2. The molecule has 0 aliphatic heterocycles. The lowest BCUT2D eigenvalue weighted by molar-refractivity contribution is -0.274. The quantitative estimate of drug-likeness (QED) is 0.695. The Morgan fingerprint density at radius 1 is 1.19 bits per heavy atom. The van der Waals surface area contributed by atoms with Gasteiger partial charge in [0, 0.05) is 11.7 Å². The molecule has 1 fully saturated rings. The van der Waals surface area contributed by atoms with Crippen LogP contribution in [0.1, 0.15) is 54.3 Å². The highest BCUT2D eigenvalue weighted by Gasteiger charge is 2.34. The number of benzene rings is 1. The van der Waals surface area contributed by atoms with E-state index in [0.717, 1.165) is 32.1 Å². The molecule has 0 bridgehead atoms. The molecular weight excluding hydrogens is 361 g/mol. The molecule has 3 rings (SSSR count). The number of hydrogen-bond acceptors (Lipinski definition) is 4. The standard InChI is InChI=1S/C19H21F3N2O3/c1-12-16(18(25)26-2)23-17(24(12)13-8-4-3-5-9-13)14-10-6-7-11-15(14)27-19(20,21)22/h6-7,10-11,13H,3-5,8-9H2,1-2H3. The number of ether oxygens (including phenoxy) is 2. The first-order valence-corrected chi connectivity index (χ1v) is 8.84. The van der Waals surface area contributed by atoms with Crippen LogP contribution in [-0.4, -0.2) is 29.0 Å². The summed E-state index contributed by atoms with van der Waals surface area (Å²) in [6.07, 6.45) is 0.113. The van der Waals surface area contributed by atoms with Gasteiger partial charge in [-0.15, -0.1) is 13.2 Å². The Morgan fingerprint density at radius 3 is 2.48 bits per heavy atom. The van der Waals surface area contributed by atoms with Gasteiger partial charge in [-0.25, -0.2) is 9.78 Å². The van der Waals surface area contributed by atoms with Crippen molar-refractivity contribution in [2.24, 2.45) is 0 Å². The Labute approximate surface area is 155 Å². The Hall–Kier alpha value is -2.51. The lowest BCUT2D eigenvalue weighted by Gasteiger charge is -2.26. The molecule has 0 saturated heterocycles. The molecule has 2 aromatic rings. The zero-order valence-corrected chi connectivity index (χ0v) is 15.2. The summed E-state index contributed by atoms with van der Waals surface area (Å²) in [5, 5.41) is 0. The van der Waals surface area contributed by atoms with E-state index in [9.17, 15) is 18.0 Å². The number of carbonyl (C=O) groups is 1. The third-order valence-corrected chi connectivity index (χ3v) is 4.82. The van der Waals surface area contributed by atoms with Gasteiger partial charge in [-0.2, -0.15) is 0 Å². The van der Waals surface area contributed by atoms with E-state index in [1.54, 1.807) is 13.0 Å². The number of esters is 1. The van der Waals surface area contributed by atoms with E-state index in [4.69, 9.17) is 4.74 Å². The lowest BCUT2D eigenvalue weighted by Crippen LogP contribution is -2.19. The van der Waals surface area contributed by atoms with Gasteiger partial charge >= 0.3 is 12.3 Å². The maximum atomic E-state index is 12.8. The second kappa shape index (κ2) is 7.62. The molecular formula is C19H21F3N2O3. The number of hydrogen-bond donors (Lipinski definition) is 0. The molecule has 146 valence electrons. The highest BCUT2D eigenvalue weighted by atomic mass is 19.4. The average molecular weight is 382 g/mol. The molecule has 1 aromatic heterocycles. The van der Waals surface area contributed by atoms with Crippen LogP contribution in [0.15, 0.2) is 24.3 Å². The number of alkyl halides is 3. The molecule has 1 heterocycles. The van der Waals surface area contributed by atoms with Gasteiger partial charge in [0.15, 0.2) is 5.69 Å². The largest absolute Gasteiger partial charge is 0.573 e. The number of carbonyl (C=O) groups excluding carboxylic acids is 1. The first kappa shape index (κ1) is 19.3. The molecule has 5 nitrogen and oxygen atoms in total. The van der Waals surface area contributed by atoms with Crippen LogP contribution in [0, 0.1) is 6.92 Å². The van der Waals surface area contributed by atoms with Crippen LogP contribution in [0.4, 0.5) is 13.2 Å². The molecule has 0 amide bonds. The van der Waals surface area contributed by atoms with Crippen molar-refractivity contribution in [1.82, 2.24) is 9.55 Å². The average Bonchev–Trinajstić information content (AvgIpc) is 2.98. The lowest BCUT2D eigenvalue weighted by atomic mass is 9.94. The first-order chi connectivity index (χ1) is 12.8. The zero-order valence-electron chi connectivity index (χ0n) is 15.2. The fraction of sp³-hybridized carbons (Fsp3) is 0.474. The van der Waals surface area contributed by atoms with Gasteiger partial charge in [0.05, 0.1) is 12.7 Å². The summed E-state index contributed by atoms with van der Waals surface area (Å²) in [7, 11) is 1.25. The Morgan fingerprint density at radius 2 is 1.85 bits per heavy atom. The van der Waals surface area contributed by atoms with Gasteiger partial charge in [-0.1, -0.05) is 31.4 Å². The molecule has 0 N–H and O–H groups in total. The maximum Gasteiger partial charge on any atom is 0.573 e. The maximum absolute atomic E-state index is 12.8. The summed E-state index contributed by atoms with van der Waals surface area (Å²) in [6, 6.07) is 5.91. The van der Waals surface area contributed by atoms with Crippen LogP contribution in [0.2, 0.25) is 0 Å². The third-order valence-electron chi connectivity index (χ3n) is 4.82. The van der Waals surface area contributed by atoms with Crippen molar-refractivity contribution in [2.75, 3.05) is 7.11 Å². The monoisotopic (exact) mass is 382 g/mol. The van der Waals surface area contributed by atoms with Crippen molar-refractivity contribution in [3.63, 3.8) is 0 Å². The molecule has 1 saturated carbocycles. The number of rotatable bonds is 4. The second-order valence-corrected chi connectivity index (χ2v) is 6.57. The van der Waals surface area contributed by atoms with E-state index in [1.807, 2.05) is 4.57 Å². The molecule has 1 aromatic carbocycles. The van der Waals surface area contributed by atoms with Crippen LogP contribution in [0.5, 0.6) is 5.75 Å². The van der Waals surface area contributed by atoms with Crippen LogP contribution in [-0.2, 0) is 4.74 Å². The van der Waals surface area contributed by atoms with E-state index in [-0.39, 0.29) is 23.0 Å². The number of imidazole rings is 1. The molecule has 0 atom stereocenters. The highest BCUT2D eigenvalue weighted by molar-refractivity contribution is 5.89. The SMILES string of the molecule is COC(=O)c1nc(-c2ccccc2OC(F)(F)F)n(C2CCCCC2)c1C. The van der Waals surface area contributed by atoms with Gasteiger partial charge in [-0.3, -0.25) is 0 Å². The fourth-order valence-corrected chi connectivity index (χ4v) is 3.64. The van der Waals surface area contributed by atoms with Crippen molar-refractivity contribution < 1.29 is 27.4 Å². The molecule has 1 aliphatic carbocycles. The first-order valence-electron chi connectivity index (χ1n) is 8.84. The van der Waals surface area contributed by atoms with Crippen molar-refractivity contribution in [3.05, 3.63) is 35.7 Å². The Bertz CT molecular complexity index is 824. The van der Waals surface area contributed by atoms with Crippen LogP contribution in [0.3, 0.4) is 0 Å². The van der Waals surface area contributed by atoms with Crippen LogP contribution >= 0.6 is 0 Å². The number of para-hydroxylation sites is 1.